The van der Waals surface area contributed by atoms with Crippen molar-refractivity contribution in [3.05, 3.63) is 21.9 Å². The van der Waals surface area contributed by atoms with E-state index >= 15 is 0 Å². The maximum Gasteiger partial charge on any atom is 0.346 e. The lowest BCUT2D eigenvalue weighted by Gasteiger charge is -2.04. The molecule has 0 radical (unpaired) electrons. The molecule has 1 aromatic rings. The standard InChI is InChI=1S/C9H12O3S2/c1-6(2)14(12)5-7-3-4-13-8(7)9(10)11/h3-4,6H,5H2,1-2H3,(H,10,11). The summed E-state index contributed by atoms with van der Waals surface area (Å²) in [6.45, 7) is 3.73. The van der Waals surface area contributed by atoms with Crippen LogP contribution in [0, 0.1) is 0 Å². The van der Waals surface area contributed by atoms with Gasteiger partial charge in [-0.1, -0.05) is 13.8 Å². The van der Waals surface area contributed by atoms with Gasteiger partial charge in [0.2, 0.25) is 0 Å². The number of aromatic carboxylic acids is 1. The van der Waals surface area contributed by atoms with Gasteiger partial charge in [-0.15, -0.1) is 11.3 Å². The lowest BCUT2D eigenvalue weighted by Crippen LogP contribution is -2.09. The molecule has 1 aromatic heterocycles. The third-order valence-corrected chi connectivity index (χ3v) is 4.36. The molecule has 0 bridgehead atoms. The van der Waals surface area contributed by atoms with Gasteiger partial charge in [-0.2, -0.15) is 0 Å². The maximum absolute atomic E-state index is 11.5. The molecule has 0 fully saturated rings. The highest BCUT2D eigenvalue weighted by Gasteiger charge is 2.15. The summed E-state index contributed by atoms with van der Waals surface area (Å²) < 4.78 is 11.5. The molecule has 1 atom stereocenters. The number of carboxylic acid groups (broad SMARTS) is 1. The summed E-state index contributed by atoms with van der Waals surface area (Å²) in [6.07, 6.45) is 0. The molecule has 1 heterocycles. The summed E-state index contributed by atoms with van der Waals surface area (Å²) in [7, 11) is -0.985. The molecule has 1 N–H and O–H groups in total. The SMILES string of the molecule is CC(C)S(=O)Cc1ccsc1C(=O)O. The Morgan fingerprint density at radius 3 is 2.79 bits per heavy atom. The second-order valence-electron chi connectivity index (χ2n) is 3.15. The van der Waals surface area contributed by atoms with Gasteiger partial charge in [0, 0.05) is 16.0 Å². The van der Waals surface area contributed by atoms with Crippen molar-refractivity contribution >= 4 is 28.1 Å². The first kappa shape index (κ1) is 11.4. The molecule has 0 spiro atoms. The fourth-order valence-electron chi connectivity index (χ4n) is 0.957. The maximum atomic E-state index is 11.5. The quantitative estimate of drug-likeness (QED) is 0.865. The van der Waals surface area contributed by atoms with Crippen LogP contribution < -0.4 is 0 Å². The Labute approximate surface area is 89.2 Å². The fraction of sp³-hybridized carbons (Fsp3) is 0.444. The van der Waals surface area contributed by atoms with Crippen molar-refractivity contribution in [2.75, 3.05) is 0 Å². The van der Waals surface area contributed by atoms with Crippen LogP contribution in [0.15, 0.2) is 11.4 Å². The highest BCUT2D eigenvalue weighted by Crippen LogP contribution is 2.19. The molecule has 3 nitrogen and oxygen atoms in total. The molecule has 1 rings (SSSR count). The number of rotatable bonds is 4. The van der Waals surface area contributed by atoms with Crippen LogP contribution in [0.4, 0.5) is 0 Å². The van der Waals surface area contributed by atoms with Crippen molar-refractivity contribution in [3.63, 3.8) is 0 Å². The van der Waals surface area contributed by atoms with Crippen LogP contribution >= 0.6 is 11.3 Å². The minimum Gasteiger partial charge on any atom is -0.477 e. The van der Waals surface area contributed by atoms with E-state index in [1.165, 1.54) is 11.3 Å². The highest BCUT2D eigenvalue weighted by atomic mass is 32.2. The van der Waals surface area contributed by atoms with E-state index < -0.39 is 16.8 Å². The zero-order valence-corrected chi connectivity index (χ0v) is 9.65. The zero-order chi connectivity index (χ0) is 10.7. The fourth-order valence-corrected chi connectivity index (χ4v) is 2.69. The van der Waals surface area contributed by atoms with Gasteiger partial charge in [-0.3, -0.25) is 4.21 Å². The van der Waals surface area contributed by atoms with E-state index in [4.69, 9.17) is 5.11 Å². The smallest absolute Gasteiger partial charge is 0.346 e. The first-order valence-electron chi connectivity index (χ1n) is 4.19. The van der Waals surface area contributed by atoms with Gasteiger partial charge >= 0.3 is 5.97 Å². The molecule has 0 aliphatic heterocycles. The molecule has 0 saturated carbocycles. The Kier molecular flexibility index (Phi) is 3.83. The predicted octanol–water partition coefficient (Wildman–Crippen LogP) is 2.10. The summed E-state index contributed by atoms with van der Waals surface area (Å²) in [5.41, 5.74) is 0.675. The monoisotopic (exact) mass is 232 g/mol. The third-order valence-electron chi connectivity index (χ3n) is 1.76. The number of carbonyl (C=O) groups is 1. The van der Waals surface area contributed by atoms with Gasteiger partial charge in [0.05, 0.1) is 5.75 Å². The number of thiophene rings is 1. The van der Waals surface area contributed by atoms with Crippen molar-refractivity contribution in [1.29, 1.82) is 0 Å². The van der Waals surface area contributed by atoms with E-state index in [0.29, 0.717) is 16.2 Å². The van der Waals surface area contributed by atoms with Crippen LogP contribution in [0.1, 0.15) is 29.1 Å². The van der Waals surface area contributed by atoms with Gasteiger partial charge in [0.15, 0.2) is 0 Å². The van der Waals surface area contributed by atoms with Gasteiger partial charge < -0.3 is 5.11 Å². The van der Waals surface area contributed by atoms with E-state index in [9.17, 15) is 9.00 Å². The van der Waals surface area contributed by atoms with Crippen LogP contribution in [-0.4, -0.2) is 20.5 Å². The first-order chi connectivity index (χ1) is 6.52. The first-order valence-corrected chi connectivity index (χ1v) is 6.45. The molecule has 78 valence electrons. The second-order valence-corrected chi connectivity index (χ2v) is 6.06. The molecule has 0 saturated heterocycles. The van der Waals surface area contributed by atoms with Crippen molar-refractivity contribution < 1.29 is 14.1 Å². The minimum atomic E-state index is -0.985. The van der Waals surface area contributed by atoms with Crippen LogP contribution in [0.5, 0.6) is 0 Å². The average Bonchev–Trinajstić information content (AvgIpc) is 2.52. The summed E-state index contributed by atoms with van der Waals surface area (Å²) in [6, 6.07) is 1.73. The van der Waals surface area contributed by atoms with Gasteiger partial charge in [-0.05, 0) is 17.0 Å². The van der Waals surface area contributed by atoms with Crippen LogP contribution in [0.25, 0.3) is 0 Å². The Hall–Kier alpha value is -0.680. The van der Waals surface area contributed by atoms with Crippen LogP contribution in [0.3, 0.4) is 0 Å². The highest BCUT2D eigenvalue weighted by molar-refractivity contribution is 7.84. The van der Waals surface area contributed by atoms with Crippen molar-refractivity contribution in [2.24, 2.45) is 0 Å². The molecule has 1 unspecified atom stereocenters. The Morgan fingerprint density at radius 2 is 2.29 bits per heavy atom. The Morgan fingerprint density at radius 1 is 1.64 bits per heavy atom. The molecule has 0 amide bonds. The van der Waals surface area contributed by atoms with E-state index in [2.05, 4.69) is 0 Å². The largest absolute Gasteiger partial charge is 0.477 e. The normalized spacial score (nSPS) is 13.1. The van der Waals surface area contributed by atoms with E-state index in [1.54, 1.807) is 11.4 Å². The molecule has 0 aliphatic rings. The molecule has 5 heteroatoms. The lowest BCUT2D eigenvalue weighted by molar-refractivity contribution is 0.0701. The average molecular weight is 232 g/mol. The minimum absolute atomic E-state index is 0.0662. The summed E-state index contributed by atoms with van der Waals surface area (Å²) in [5, 5.41) is 10.6. The Bertz CT molecular complexity index is 355. The van der Waals surface area contributed by atoms with Crippen LogP contribution in [-0.2, 0) is 16.6 Å². The second kappa shape index (κ2) is 4.70. The molecular weight excluding hydrogens is 220 g/mol. The van der Waals surface area contributed by atoms with E-state index in [1.807, 2.05) is 13.8 Å². The molecule has 14 heavy (non-hydrogen) atoms. The number of hydrogen-bond acceptors (Lipinski definition) is 3. The topological polar surface area (TPSA) is 54.4 Å². The van der Waals surface area contributed by atoms with Gasteiger partial charge in [-0.25, -0.2) is 4.79 Å². The zero-order valence-electron chi connectivity index (χ0n) is 8.02. The van der Waals surface area contributed by atoms with Gasteiger partial charge in [0.25, 0.3) is 0 Å². The van der Waals surface area contributed by atoms with Crippen molar-refractivity contribution in [2.45, 2.75) is 24.9 Å². The Balaban J connectivity index is 2.82. The summed E-state index contributed by atoms with van der Waals surface area (Å²) >= 11 is 1.18. The molecular formula is C9H12O3S2. The molecule has 0 aliphatic carbocycles. The predicted molar refractivity (Wildman–Crippen MR) is 58.3 cm³/mol. The van der Waals surface area contributed by atoms with E-state index in [-0.39, 0.29) is 5.25 Å². The summed E-state index contributed by atoms with van der Waals surface area (Å²) in [4.78, 5) is 11.1. The summed E-state index contributed by atoms with van der Waals surface area (Å²) in [5.74, 6) is -0.598. The lowest BCUT2D eigenvalue weighted by atomic mass is 10.3. The van der Waals surface area contributed by atoms with Gasteiger partial charge in [0.1, 0.15) is 4.88 Å². The van der Waals surface area contributed by atoms with Crippen LogP contribution in [0.2, 0.25) is 0 Å². The molecule has 0 aromatic carbocycles. The third kappa shape index (κ3) is 2.65. The number of carboxylic acids is 1. The van der Waals surface area contributed by atoms with E-state index in [0.717, 1.165) is 0 Å². The van der Waals surface area contributed by atoms with Crippen molar-refractivity contribution in [1.82, 2.24) is 0 Å². The van der Waals surface area contributed by atoms with Crippen molar-refractivity contribution in [3.8, 4) is 0 Å². The number of hydrogen-bond donors (Lipinski definition) is 1.